The minimum atomic E-state index is -1.38. The molecule has 0 spiro atoms. The Balaban J connectivity index is 4.56. The summed E-state index contributed by atoms with van der Waals surface area (Å²) in [6.07, 6.45) is -2.21. The Labute approximate surface area is 129 Å². The lowest BCUT2D eigenvalue weighted by atomic mass is 10.1. The smallest absolute Gasteiger partial charge is 0.334 e. The molecular formula is C13H25N3O6. The number of aliphatic hydroxyl groups is 1. The second-order valence-corrected chi connectivity index (χ2v) is 5.44. The van der Waals surface area contributed by atoms with E-state index < -0.39 is 48.2 Å². The molecule has 0 rings (SSSR count). The fourth-order valence-electron chi connectivity index (χ4n) is 1.23. The van der Waals surface area contributed by atoms with Crippen LogP contribution in [-0.4, -0.2) is 53.3 Å². The third-order valence-electron chi connectivity index (χ3n) is 3.06. The number of hydrogen-bond donors (Lipinski definition) is 4. The molecule has 0 unspecified atom stereocenters. The molecule has 9 nitrogen and oxygen atoms in total. The van der Waals surface area contributed by atoms with Crippen LogP contribution in [0.15, 0.2) is 0 Å². The third-order valence-corrected chi connectivity index (χ3v) is 3.06. The van der Waals surface area contributed by atoms with Crippen molar-refractivity contribution in [1.29, 1.82) is 0 Å². The first-order valence-electron chi connectivity index (χ1n) is 6.89. The van der Waals surface area contributed by atoms with Crippen LogP contribution >= 0.6 is 0 Å². The molecule has 0 aliphatic rings. The Kier molecular flexibility index (Phi) is 8.17. The van der Waals surface area contributed by atoms with Crippen molar-refractivity contribution in [1.82, 2.24) is 0 Å². The molecule has 0 radical (unpaired) electrons. The van der Waals surface area contributed by atoms with Crippen molar-refractivity contribution >= 4 is 17.9 Å². The van der Waals surface area contributed by atoms with E-state index in [-0.39, 0.29) is 5.92 Å². The van der Waals surface area contributed by atoms with Gasteiger partial charge in [-0.05, 0) is 19.8 Å². The number of aliphatic hydroxyl groups excluding tert-OH is 1. The van der Waals surface area contributed by atoms with Crippen LogP contribution in [0.5, 0.6) is 0 Å². The Hall–Kier alpha value is -1.55. The molecule has 0 saturated carbocycles. The number of rotatable bonds is 7. The van der Waals surface area contributed by atoms with Crippen molar-refractivity contribution in [2.45, 2.75) is 58.0 Å². The lowest BCUT2D eigenvalue weighted by molar-refractivity contribution is -0.166. The van der Waals surface area contributed by atoms with Crippen molar-refractivity contribution in [3.05, 3.63) is 0 Å². The van der Waals surface area contributed by atoms with Gasteiger partial charge in [-0.3, -0.25) is 4.79 Å². The van der Waals surface area contributed by atoms with E-state index in [0.717, 1.165) is 0 Å². The summed E-state index contributed by atoms with van der Waals surface area (Å²) in [7, 11) is 0. The molecule has 0 aliphatic heterocycles. The number of ether oxygens (including phenoxy) is 2. The van der Waals surface area contributed by atoms with E-state index in [9.17, 15) is 19.5 Å². The summed E-state index contributed by atoms with van der Waals surface area (Å²) in [5, 5.41) is 9.18. The van der Waals surface area contributed by atoms with E-state index in [2.05, 4.69) is 4.74 Å². The van der Waals surface area contributed by atoms with Crippen LogP contribution in [0, 0.1) is 5.92 Å². The van der Waals surface area contributed by atoms with Crippen LogP contribution in [0.4, 0.5) is 0 Å². The fourth-order valence-corrected chi connectivity index (χ4v) is 1.23. The number of carbonyl (C=O) groups is 3. The van der Waals surface area contributed by atoms with Crippen molar-refractivity contribution < 1.29 is 29.0 Å². The van der Waals surface area contributed by atoms with E-state index in [1.807, 2.05) is 0 Å². The van der Waals surface area contributed by atoms with E-state index in [1.54, 1.807) is 13.8 Å². The summed E-state index contributed by atoms with van der Waals surface area (Å²) < 4.78 is 9.40. The maximum Gasteiger partial charge on any atom is 0.334 e. The Morgan fingerprint density at radius 3 is 1.68 bits per heavy atom. The molecule has 0 aromatic heterocycles. The van der Waals surface area contributed by atoms with E-state index in [4.69, 9.17) is 21.9 Å². The molecule has 5 atom stereocenters. The van der Waals surface area contributed by atoms with Gasteiger partial charge in [0.1, 0.15) is 24.2 Å². The second kappa shape index (κ2) is 8.79. The average molecular weight is 319 g/mol. The molecule has 128 valence electrons. The topological polar surface area (TPSA) is 168 Å². The zero-order valence-corrected chi connectivity index (χ0v) is 13.2. The zero-order chi connectivity index (χ0) is 17.6. The van der Waals surface area contributed by atoms with Crippen LogP contribution in [-0.2, 0) is 23.9 Å². The summed E-state index contributed by atoms with van der Waals surface area (Å²) in [4.78, 5) is 34.8. The number of esters is 3. The van der Waals surface area contributed by atoms with Crippen LogP contribution in [0.25, 0.3) is 0 Å². The fraction of sp³-hybridized carbons (Fsp3) is 0.769. The Bertz CT molecular complexity index is 413. The first kappa shape index (κ1) is 20.5. The van der Waals surface area contributed by atoms with Gasteiger partial charge in [-0.25, -0.2) is 9.59 Å². The zero-order valence-electron chi connectivity index (χ0n) is 13.2. The van der Waals surface area contributed by atoms with Gasteiger partial charge in [-0.2, -0.15) is 0 Å². The van der Waals surface area contributed by atoms with Gasteiger partial charge in [-0.15, -0.1) is 0 Å². The van der Waals surface area contributed by atoms with Crippen molar-refractivity contribution in [2.24, 2.45) is 23.1 Å². The van der Waals surface area contributed by atoms with E-state index in [0.29, 0.717) is 0 Å². The summed E-state index contributed by atoms with van der Waals surface area (Å²) in [6.45, 7) is 6.04. The molecule has 0 aliphatic carbocycles. The molecule has 0 fully saturated rings. The molecule has 7 N–H and O–H groups in total. The highest BCUT2D eigenvalue weighted by atomic mass is 16.6. The number of carbonyl (C=O) groups excluding carboxylic acids is 3. The largest absolute Gasteiger partial charge is 0.459 e. The van der Waals surface area contributed by atoms with Crippen molar-refractivity contribution in [2.75, 3.05) is 0 Å². The molecule has 0 bridgehead atoms. The highest BCUT2D eigenvalue weighted by molar-refractivity contribution is 5.91. The van der Waals surface area contributed by atoms with Crippen LogP contribution in [0.1, 0.15) is 27.7 Å². The van der Waals surface area contributed by atoms with Crippen LogP contribution < -0.4 is 17.2 Å². The Morgan fingerprint density at radius 2 is 1.27 bits per heavy atom. The van der Waals surface area contributed by atoms with Crippen molar-refractivity contribution in [3.8, 4) is 0 Å². The summed E-state index contributed by atoms with van der Waals surface area (Å²) in [5.74, 6) is -3.10. The van der Waals surface area contributed by atoms with E-state index >= 15 is 0 Å². The third kappa shape index (κ3) is 6.06. The predicted octanol–water partition coefficient (Wildman–Crippen LogP) is -1.99. The maximum absolute atomic E-state index is 11.7. The van der Waals surface area contributed by atoms with Crippen molar-refractivity contribution in [3.63, 3.8) is 0 Å². The molecule has 0 aromatic carbocycles. The van der Waals surface area contributed by atoms with Gasteiger partial charge in [-0.1, -0.05) is 13.8 Å². The number of nitrogens with two attached hydrogens (primary N) is 3. The first-order valence-corrected chi connectivity index (χ1v) is 6.89. The molecule has 22 heavy (non-hydrogen) atoms. The van der Waals surface area contributed by atoms with E-state index in [1.165, 1.54) is 13.8 Å². The summed E-state index contributed by atoms with van der Waals surface area (Å²) in [5.41, 5.74) is 16.5. The minimum absolute atomic E-state index is 0.212. The average Bonchev–Trinajstić information content (AvgIpc) is 2.43. The van der Waals surface area contributed by atoms with Gasteiger partial charge in [0.05, 0.1) is 6.10 Å². The van der Waals surface area contributed by atoms with Crippen LogP contribution in [0.2, 0.25) is 0 Å². The van der Waals surface area contributed by atoms with Gasteiger partial charge in [0.15, 0.2) is 0 Å². The lowest BCUT2D eigenvalue weighted by Gasteiger charge is -2.22. The van der Waals surface area contributed by atoms with Gasteiger partial charge in [0, 0.05) is 0 Å². The minimum Gasteiger partial charge on any atom is -0.459 e. The molecular weight excluding hydrogens is 294 g/mol. The Morgan fingerprint density at radius 1 is 0.818 bits per heavy atom. The molecule has 0 heterocycles. The lowest BCUT2D eigenvalue weighted by Crippen LogP contribution is -2.49. The van der Waals surface area contributed by atoms with Gasteiger partial charge in [0.2, 0.25) is 0 Å². The normalized spacial score (nSPS) is 18.0. The summed E-state index contributed by atoms with van der Waals surface area (Å²) >= 11 is 0. The monoisotopic (exact) mass is 319 g/mol. The highest BCUT2D eigenvalue weighted by Gasteiger charge is 2.31. The highest BCUT2D eigenvalue weighted by Crippen LogP contribution is 2.05. The van der Waals surface area contributed by atoms with Gasteiger partial charge < -0.3 is 31.8 Å². The maximum atomic E-state index is 11.7. The van der Waals surface area contributed by atoms with Gasteiger partial charge in [0.25, 0.3) is 0 Å². The summed E-state index contributed by atoms with van der Waals surface area (Å²) in [6, 6.07) is -3.60. The SMILES string of the molecule is CC(C)[C@H](N)C(=O)OC(=O)[C@@H](N)[C@@H](C)OC(=O)[C@@H](N)[C@@H](C)O. The van der Waals surface area contributed by atoms with Crippen LogP contribution in [0.3, 0.4) is 0 Å². The molecule has 0 amide bonds. The second-order valence-electron chi connectivity index (χ2n) is 5.44. The standard InChI is InChI=1S/C13H25N3O6/c1-5(2)8(14)11(18)22-13(20)10(16)7(4)21-12(19)9(15)6(3)17/h5-10,17H,14-16H2,1-4H3/t6-,7-,8+,9+,10+/m1/s1. The molecule has 0 aromatic rings. The number of hydrogen-bond acceptors (Lipinski definition) is 9. The molecule has 0 saturated heterocycles. The van der Waals surface area contributed by atoms with Gasteiger partial charge >= 0.3 is 17.9 Å². The quantitative estimate of drug-likeness (QED) is 0.306. The predicted molar refractivity (Wildman–Crippen MR) is 77.1 cm³/mol. The first-order chi connectivity index (χ1) is 9.98. The molecule has 9 heteroatoms.